The van der Waals surface area contributed by atoms with E-state index < -0.39 is 17.9 Å². The van der Waals surface area contributed by atoms with Crippen LogP contribution in [-0.2, 0) is 0 Å². The Morgan fingerprint density at radius 1 is 0.325 bits per heavy atom. The summed E-state index contributed by atoms with van der Waals surface area (Å²) in [6, 6.07) is 25.8. The van der Waals surface area contributed by atoms with E-state index in [2.05, 4.69) is 51.8 Å². The van der Waals surface area contributed by atoms with Crippen molar-refractivity contribution in [1.29, 1.82) is 0 Å². The maximum absolute atomic E-state index is 13.8. The van der Waals surface area contributed by atoms with E-state index in [0.717, 1.165) is 116 Å². The Kier molecular flexibility index (Phi) is 27.8. The van der Waals surface area contributed by atoms with Crippen molar-refractivity contribution in [2.45, 2.75) is 157 Å². The molecule has 14 nitrogen and oxygen atoms in total. The van der Waals surface area contributed by atoms with Gasteiger partial charge in [-0.1, -0.05) is 119 Å². The molecular weight excluding hydrogens is 977 g/mol. The molecule has 0 aliphatic rings. The molecule has 5 rings (SSSR count). The van der Waals surface area contributed by atoms with Crippen molar-refractivity contribution in [3.8, 4) is 51.7 Å². The average molecular weight is 1060 g/mol. The van der Waals surface area contributed by atoms with Gasteiger partial charge in [-0.3, -0.25) is 0 Å². The lowest BCUT2D eigenvalue weighted by atomic mass is 10.1. The number of benzene rings is 5. The number of azo groups is 1. The minimum absolute atomic E-state index is 0.208. The first-order chi connectivity index (χ1) is 37.7. The lowest BCUT2D eigenvalue weighted by Crippen LogP contribution is -2.14. The second-order valence-corrected chi connectivity index (χ2v) is 18.8. The monoisotopic (exact) mass is 1060 g/mol. The molecule has 416 valence electrons. The first-order valence-corrected chi connectivity index (χ1v) is 28.2. The highest BCUT2D eigenvalue weighted by Crippen LogP contribution is 2.46. The highest BCUT2D eigenvalue weighted by Gasteiger charge is 2.25. The molecule has 0 unspecified atom stereocenters. The zero-order valence-corrected chi connectivity index (χ0v) is 46.5. The van der Waals surface area contributed by atoms with Crippen LogP contribution < -0.4 is 42.6 Å². The van der Waals surface area contributed by atoms with Crippen LogP contribution in [0.5, 0.6) is 51.7 Å². The van der Waals surface area contributed by atoms with Crippen molar-refractivity contribution in [2.75, 3.05) is 39.6 Å². The van der Waals surface area contributed by atoms with Gasteiger partial charge < -0.3 is 42.6 Å². The van der Waals surface area contributed by atoms with Crippen molar-refractivity contribution in [3.05, 3.63) is 114 Å². The van der Waals surface area contributed by atoms with Crippen molar-refractivity contribution < 1.29 is 57.0 Å². The van der Waals surface area contributed by atoms with Gasteiger partial charge >= 0.3 is 17.9 Å². The van der Waals surface area contributed by atoms with Crippen molar-refractivity contribution in [1.82, 2.24) is 0 Å². The number of esters is 3. The normalized spacial score (nSPS) is 11.0. The summed E-state index contributed by atoms with van der Waals surface area (Å²) in [5, 5.41) is 9.05. The third-order valence-electron chi connectivity index (χ3n) is 12.3. The third-order valence-corrected chi connectivity index (χ3v) is 12.3. The Labute approximate surface area is 457 Å². The molecular formula is C63H82N2O12. The molecule has 0 spiro atoms. The lowest BCUT2D eigenvalue weighted by molar-refractivity contribution is 0.0717. The van der Waals surface area contributed by atoms with E-state index in [1.54, 1.807) is 36.4 Å². The molecule has 5 aromatic carbocycles. The second-order valence-electron chi connectivity index (χ2n) is 18.8. The van der Waals surface area contributed by atoms with Gasteiger partial charge in [-0.25, -0.2) is 14.4 Å². The Morgan fingerprint density at radius 3 is 1.09 bits per heavy atom. The predicted octanol–water partition coefficient (Wildman–Crippen LogP) is 17.2. The fourth-order valence-electron chi connectivity index (χ4n) is 7.78. The van der Waals surface area contributed by atoms with Gasteiger partial charge in [-0.2, -0.15) is 5.11 Å². The van der Waals surface area contributed by atoms with Gasteiger partial charge in [0.15, 0.2) is 23.0 Å². The van der Waals surface area contributed by atoms with E-state index >= 15 is 0 Å². The van der Waals surface area contributed by atoms with E-state index in [0.29, 0.717) is 91.1 Å². The molecule has 0 aliphatic heterocycles. The Bertz CT molecular complexity index is 2540. The van der Waals surface area contributed by atoms with Crippen LogP contribution in [0.1, 0.15) is 188 Å². The van der Waals surface area contributed by atoms with Gasteiger partial charge in [0.25, 0.3) is 0 Å². The molecule has 0 aromatic heterocycles. The summed E-state index contributed by atoms with van der Waals surface area (Å²) in [7, 11) is 0. The molecule has 0 radical (unpaired) electrons. The van der Waals surface area contributed by atoms with E-state index in [-0.39, 0.29) is 28.4 Å². The highest BCUT2D eigenvalue weighted by atomic mass is 16.6. The van der Waals surface area contributed by atoms with Crippen LogP contribution in [0.15, 0.2) is 107 Å². The summed E-state index contributed by atoms with van der Waals surface area (Å²) in [6.45, 7) is 15.8. The van der Waals surface area contributed by atoms with Crippen LogP contribution in [0.25, 0.3) is 0 Å². The number of nitrogens with zero attached hydrogens (tertiary/aromatic N) is 2. The minimum atomic E-state index is -0.640. The van der Waals surface area contributed by atoms with Crippen LogP contribution in [0.4, 0.5) is 11.4 Å². The standard InChI is InChI=1S/C63H82N2O12/c1-7-13-19-41-69-55-39-37-53(57(71-43-21-15-9-3)59(55)73-45-23-17-11-5)63(68)77-50-31-27-48(28-32-50)62(67)76-52-35-33-51(34-36-52)75-61(66)47-25-29-49(30-26-47)64-65-54-38-40-56(70-42-20-14-8-2)60(74-46-24-18-12-6)58(54)72-44-22-16-10-4/h25-40H,7-24,41-46H2,1-6H3. The summed E-state index contributed by atoms with van der Waals surface area (Å²) in [5.41, 5.74) is 1.77. The fourth-order valence-corrected chi connectivity index (χ4v) is 7.78. The number of ether oxygens (including phenoxy) is 9. The summed E-state index contributed by atoms with van der Waals surface area (Å²) in [5.74, 6) is 1.73. The molecule has 5 aromatic rings. The highest BCUT2D eigenvalue weighted by molar-refractivity contribution is 5.96. The molecule has 0 atom stereocenters. The van der Waals surface area contributed by atoms with E-state index in [1.165, 1.54) is 48.5 Å². The average Bonchev–Trinajstić information content (AvgIpc) is 3.46. The molecule has 0 saturated carbocycles. The van der Waals surface area contributed by atoms with Gasteiger partial charge in [-0.15, -0.1) is 5.11 Å². The van der Waals surface area contributed by atoms with Gasteiger partial charge in [0.1, 0.15) is 28.5 Å². The number of unbranched alkanes of at least 4 members (excludes halogenated alkanes) is 12. The zero-order chi connectivity index (χ0) is 54.9. The summed E-state index contributed by atoms with van der Waals surface area (Å²) >= 11 is 0. The van der Waals surface area contributed by atoms with Crippen molar-refractivity contribution >= 4 is 29.3 Å². The van der Waals surface area contributed by atoms with Crippen LogP contribution in [-0.4, -0.2) is 57.5 Å². The van der Waals surface area contributed by atoms with Crippen molar-refractivity contribution in [3.63, 3.8) is 0 Å². The number of hydrogen-bond donors (Lipinski definition) is 0. The molecule has 0 aliphatic carbocycles. The lowest BCUT2D eigenvalue weighted by Gasteiger charge is -2.19. The zero-order valence-electron chi connectivity index (χ0n) is 46.5. The molecule has 0 saturated heterocycles. The molecule has 77 heavy (non-hydrogen) atoms. The Morgan fingerprint density at radius 2 is 0.662 bits per heavy atom. The number of rotatable bonds is 38. The third kappa shape index (κ3) is 20.8. The fraction of sp³-hybridized carbons (Fsp3) is 0.476. The summed E-state index contributed by atoms with van der Waals surface area (Å²) in [4.78, 5) is 40.2. The molecule has 0 heterocycles. The molecule has 0 amide bonds. The first-order valence-electron chi connectivity index (χ1n) is 28.2. The van der Waals surface area contributed by atoms with E-state index in [1.807, 2.05) is 12.1 Å². The van der Waals surface area contributed by atoms with E-state index in [9.17, 15) is 14.4 Å². The van der Waals surface area contributed by atoms with Crippen LogP contribution in [0, 0.1) is 0 Å². The smallest absolute Gasteiger partial charge is 0.347 e. The molecule has 0 bridgehead atoms. The van der Waals surface area contributed by atoms with Crippen LogP contribution in [0.3, 0.4) is 0 Å². The number of carbonyl (C=O) groups is 3. The second kappa shape index (κ2) is 35.3. The minimum Gasteiger partial charge on any atom is -0.490 e. The van der Waals surface area contributed by atoms with Gasteiger partial charge in [0.2, 0.25) is 11.5 Å². The molecule has 14 heteroatoms. The van der Waals surface area contributed by atoms with Gasteiger partial charge in [-0.05, 0) is 136 Å². The molecule has 0 N–H and O–H groups in total. The number of hydrogen-bond acceptors (Lipinski definition) is 14. The summed E-state index contributed by atoms with van der Waals surface area (Å²) in [6.07, 6.45) is 17.8. The summed E-state index contributed by atoms with van der Waals surface area (Å²) < 4.78 is 54.6. The Hall–Kier alpha value is -7.09. The maximum Gasteiger partial charge on any atom is 0.347 e. The first kappa shape index (κ1) is 60.8. The molecule has 0 fully saturated rings. The van der Waals surface area contributed by atoms with Crippen LogP contribution in [0.2, 0.25) is 0 Å². The van der Waals surface area contributed by atoms with Crippen molar-refractivity contribution in [2.24, 2.45) is 10.2 Å². The maximum atomic E-state index is 13.8. The predicted molar refractivity (Wildman–Crippen MR) is 301 cm³/mol. The SMILES string of the molecule is CCCCCOc1ccc(N=Nc2ccc(C(=O)Oc3ccc(OC(=O)c4ccc(OC(=O)c5ccc(OCCCCC)c(OCCCCC)c5OCCCCC)cc4)cc3)cc2)c(OCCCCC)c1OCCCCC. The van der Waals surface area contributed by atoms with Crippen LogP contribution >= 0.6 is 0 Å². The van der Waals surface area contributed by atoms with E-state index in [4.69, 9.17) is 42.6 Å². The quantitative estimate of drug-likeness (QED) is 0.0160. The largest absolute Gasteiger partial charge is 0.490 e. The Balaban J connectivity index is 1.20. The topological polar surface area (TPSA) is 159 Å². The van der Waals surface area contributed by atoms with Gasteiger partial charge in [0, 0.05) is 0 Å². The number of carbonyl (C=O) groups excluding carboxylic acids is 3. The van der Waals surface area contributed by atoms with Gasteiger partial charge in [0.05, 0.1) is 56.5 Å².